The molecule has 27 heavy (non-hydrogen) atoms. The molecule has 0 spiro atoms. The second-order valence-corrected chi connectivity index (χ2v) is 6.32. The number of carbonyl (C=O) groups excluding carboxylic acids is 2. The molecule has 1 aromatic carbocycles. The highest BCUT2D eigenvalue weighted by molar-refractivity contribution is 5.94. The van der Waals surface area contributed by atoms with Gasteiger partial charge >= 0.3 is 11.9 Å². The fourth-order valence-electron chi connectivity index (χ4n) is 2.80. The normalized spacial score (nSPS) is 10.8. The van der Waals surface area contributed by atoms with Crippen LogP contribution < -0.4 is 0 Å². The van der Waals surface area contributed by atoms with Gasteiger partial charge in [-0.25, -0.2) is 4.98 Å². The van der Waals surface area contributed by atoms with Crippen LogP contribution in [0.4, 0.5) is 0 Å². The zero-order valence-electron chi connectivity index (χ0n) is 16.2. The van der Waals surface area contributed by atoms with Crippen molar-refractivity contribution >= 4 is 11.9 Å². The molecule has 0 fully saturated rings. The third kappa shape index (κ3) is 6.24. The first-order valence-corrected chi connectivity index (χ1v) is 9.39. The van der Waals surface area contributed by atoms with E-state index in [4.69, 9.17) is 13.9 Å². The molecular weight excluding hydrogens is 346 g/mol. The van der Waals surface area contributed by atoms with Gasteiger partial charge in [-0.1, -0.05) is 24.1 Å². The molecule has 0 aliphatic carbocycles. The number of benzene rings is 1. The standard InChI is InChI=1S/C21H27NO5/c1-4-25-20(23)18(21(24)26-5-2)12-7-6-11-17-14-27-19(22-17)16-10-8-9-15(3)13-16/h8-10,13-14,18H,4-7,11-12H2,1-3H3. The predicted molar refractivity (Wildman–Crippen MR) is 101 cm³/mol. The fraction of sp³-hybridized carbons (Fsp3) is 0.476. The highest BCUT2D eigenvalue weighted by Crippen LogP contribution is 2.21. The molecule has 0 radical (unpaired) electrons. The van der Waals surface area contributed by atoms with Gasteiger partial charge in [0.05, 0.1) is 18.9 Å². The third-order valence-corrected chi connectivity index (χ3v) is 4.13. The highest BCUT2D eigenvalue weighted by atomic mass is 16.6. The maximum absolute atomic E-state index is 12.0. The lowest BCUT2D eigenvalue weighted by Gasteiger charge is -2.13. The van der Waals surface area contributed by atoms with E-state index in [1.165, 1.54) is 0 Å². The second kappa shape index (κ2) is 10.5. The minimum absolute atomic E-state index is 0.245. The third-order valence-electron chi connectivity index (χ3n) is 4.13. The second-order valence-electron chi connectivity index (χ2n) is 6.32. The number of unbranched alkanes of at least 4 members (excludes halogenated alkanes) is 1. The number of aromatic nitrogens is 1. The van der Waals surface area contributed by atoms with Crippen LogP contribution in [0.1, 0.15) is 44.4 Å². The van der Waals surface area contributed by atoms with Crippen LogP contribution in [0.15, 0.2) is 34.9 Å². The van der Waals surface area contributed by atoms with Gasteiger partial charge in [0.2, 0.25) is 5.89 Å². The minimum Gasteiger partial charge on any atom is -0.465 e. The topological polar surface area (TPSA) is 78.6 Å². The van der Waals surface area contributed by atoms with Crippen molar-refractivity contribution in [1.82, 2.24) is 4.98 Å². The molecule has 1 heterocycles. The number of nitrogens with zero attached hydrogens (tertiary/aromatic N) is 1. The number of hydrogen-bond acceptors (Lipinski definition) is 6. The quantitative estimate of drug-likeness (QED) is 0.354. The first-order chi connectivity index (χ1) is 13.0. The van der Waals surface area contributed by atoms with E-state index < -0.39 is 17.9 Å². The van der Waals surface area contributed by atoms with Crippen molar-refractivity contribution in [3.05, 3.63) is 41.8 Å². The summed E-state index contributed by atoms with van der Waals surface area (Å²) in [5.41, 5.74) is 2.96. The zero-order valence-corrected chi connectivity index (χ0v) is 16.2. The molecule has 0 bridgehead atoms. The zero-order chi connectivity index (χ0) is 19.6. The number of hydrogen-bond donors (Lipinski definition) is 0. The molecule has 6 heteroatoms. The fourth-order valence-corrected chi connectivity index (χ4v) is 2.80. The number of esters is 2. The molecule has 0 atom stereocenters. The van der Waals surface area contributed by atoms with E-state index in [2.05, 4.69) is 4.98 Å². The van der Waals surface area contributed by atoms with Gasteiger partial charge in [-0.2, -0.15) is 0 Å². The molecule has 146 valence electrons. The Morgan fingerprint density at radius 1 is 1.11 bits per heavy atom. The Kier molecular flexibility index (Phi) is 8.04. The molecule has 0 saturated heterocycles. The van der Waals surface area contributed by atoms with Crippen LogP contribution in [0.3, 0.4) is 0 Å². The largest absolute Gasteiger partial charge is 0.465 e. The van der Waals surface area contributed by atoms with Crippen molar-refractivity contribution in [3.63, 3.8) is 0 Å². The summed E-state index contributed by atoms with van der Waals surface area (Å²) >= 11 is 0. The summed E-state index contributed by atoms with van der Waals surface area (Å²) in [5.74, 6) is -1.28. The van der Waals surface area contributed by atoms with Crippen molar-refractivity contribution < 1.29 is 23.5 Å². The van der Waals surface area contributed by atoms with Crippen molar-refractivity contribution in [3.8, 4) is 11.5 Å². The number of aryl methyl sites for hydroxylation is 2. The first kappa shape index (κ1) is 20.7. The molecule has 2 rings (SSSR count). The number of rotatable bonds is 10. The predicted octanol–water partition coefficient (Wildman–Crippen LogP) is 4.11. The monoisotopic (exact) mass is 373 g/mol. The van der Waals surface area contributed by atoms with Crippen LogP contribution in [0.2, 0.25) is 0 Å². The summed E-state index contributed by atoms with van der Waals surface area (Å²) in [5, 5.41) is 0. The molecule has 0 unspecified atom stereocenters. The SMILES string of the molecule is CCOC(=O)C(CCCCc1coc(-c2cccc(C)c2)n1)C(=O)OCC. The molecule has 2 aromatic rings. The molecule has 0 saturated carbocycles. The smallest absolute Gasteiger partial charge is 0.320 e. The van der Waals surface area contributed by atoms with E-state index in [0.717, 1.165) is 23.2 Å². The van der Waals surface area contributed by atoms with Gasteiger partial charge in [-0.3, -0.25) is 9.59 Å². The minimum atomic E-state index is -0.856. The van der Waals surface area contributed by atoms with Crippen LogP contribution in [0.25, 0.3) is 11.5 Å². The summed E-state index contributed by atoms with van der Waals surface area (Å²) in [6.07, 6.45) is 4.25. The van der Waals surface area contributed by atoms with E-state index in [9.17, 15) is 9.59 Å². The van der Waals surface area contributed by atoms with Crippen molar-refractivity contribution in [1.29, 1.82) is 0 Å². The average molecular weight is 373 g/mol. The Hall–Kier alpha value is -2.63. The molecule has 0 amide bonds. The van der Waals surface area contributed by atoms with Crippen LogP contribution in [-0.4, -0.2) is 30.1 Å². The van der Waals surface area contributed by atoms with Gasteiger partial charge in [0.1, 0.15) is 6.26 Å². The van der Waals surface area contributed by atoms with Gasteiger partial charge < -0.3 is 13.9 Å². The highest BCUT2D eigenvalue weighted by Gasteiger charge is 2.28. The number of carbonyl (C=O) groups is 2. The van der Waals surface area contributed by atoms with E-state index >= 15 is 0 Å². The van der Waals surface area contributed by atoms with E-state index in [-0.39, 0.29) is 13.2 Å². The molecule has 6 nitrogen and oxygen atoms in total. The molecule has 0 aliphatic rings. The van der Waals surface area contributed by atoms with Crippen LogP contribution in [0, 0.1) is 12.8 Å². The Balaban J connectivity index is 1.86. The number of oxazole rings is 1. The molecule has 0 aliphatic heterocycles. The Morgan fingerprint density at radius 2 is 1.81 bits per heavy atom. The molecule has 1 aromatic heterocycles. The lowest BCUT2D eigenvalue weighted by Crippen LogP contribution is -2.28. The van der Waals surface area contributed by atoms with Gasteiger partial charge in [-0.05, 0) is 52.2 Å². The van der Waals surface area contributed by atoms with E-state index in [1.807, 2.05) is 31.2 Å². The van der Waals surface area contributed by atoms with Crippen LogP contribution >= 0.6 is 0 Å². The summed E-state index contributed by atoms with van der Waals surface area (Å²) in [6.45, 7) is 5.95. The van der Waals surface area contributed by atoms with Crippen molar-refractivity contribution in [2.24, 2.45) is 5.92 Å². The summed E-state index contributed by atoms with van der Waals surface area (Å²) in [7, 11) is 0. The van der Waals surface area contributed by atoms with Crippen molar-refractivity contribution in [2.45, 2.75) is 46.5 Å². The average Bonchev–Trinajstić information content (AvgIpc) is 3.11. The Labute approximate surface area is 159 Å². The Morgan fingerprint density at radius 3 is 2.44 bits per heavy atom. The number of ether oxygens (including phenoxy) is 2. The Bertz CT molecular complexity index is 735. The van der Waals surface area contributed by atoms with Gasteiger partial charge in [0.15, 0.2) is 5.92 Å². The summed E-state index contributed by atoms with van der Waals surface area (Å²) < 4.78 is 15.5. The van der Waals surface area contributed by atoms with Crippen LogP contribution in [-0.2, 0) is 25.5 Å². The lowest BCUT2D eigenvalue weighted by atomic mass is 10.0. The summed E-state index contributed by atoms with van der Waals surface area (Å²) in [4.78, 5) is 28.4. The van der Waals surface area contributed by atoms with E-state index in [1.54, 1.807) is 20.1 Å². The molecular formula is C21H27NO5. The maximum Gasteiger partial charge on any atom is 0.320 e. The van der Waals surface area contributed by atoms with E-state index in [0.29, 0.717) is 25.2 Å². The first-order valence-electron chi connectivity index (χ1n) is 9.39. The molecule has 0 N–H and O–H groups in total. The van der Waals surface area contributed by atoms with Gasteiger partial charge in [0, 0.05) is 5.56 Å². The van der Waals surface area contributed by atoms with Crippen molar-refractivity contribution in [2.75, 3.05) is 13.2 Å². The summed E-state index contributed by atoms with van der Waals surface area (Å²) in [6, 6.07) is 7.99. The maximum atomic E-state index is 12.0. The van der Waals surface area contributed by atoms with Gasteiger partial charge in [-0.15, -0.1) is 0 Å². The van der Waals surface area contributed by atoms with Crippen LogP contribution in [0.5, 0.6) is 0 Å². The van der Waals surface area contributed by atoms with Gasteiger partial charge in [0.25, 0.3) is 0 Å². The lowest BCUT2D eigenvalue weighted by molar-refractivity contribution is -0.161.